The first-order chi connectivity index (χ1) is 7.70. The van der Waals surface area contributed by atoms with E-state index in [1.165, 1.54) is 51.6 Å². The number of rotatable bonds is 4. The van der Waals surface area contributed by atoms with Crippen molar-refractivity contribution >= 4 is 6.16 Å². The SMILES string of the molecule is CCCCCC1CCCNC1.COC(=O)O. The van der Waals surface area contributed by atoms with E-state index in [0.717, 1.165) is 13.0 Å². The summed E-state index contributed by atoms with van der Waals surface area (Å²) in [6, 6.07) is 0. The predicted octanol–water partition coefficient (Wildman–Crippen LogP) is 2.88. The van der Waals surface area contributed by atoms with Crippen molar-refractivity contribution in [3.05, 3.63) is 0 Å². The van der Waals surface area contributed by atoms with Crippen molar-refractivity contribution in [2.24, 2.45) is 5.92 Å². The van der Waals surface area contributed by atoms with Crippen LogP contribution < -0.4 is 5.32 Å². The third-order valence-electron chi connectivity index (χ3n) is 2.79. The number of carbonyl (C=O) groups is 1. The molecule has 96 valence electrons. The van der Waals surface area contributed by atoms with Crippen LogP contribution in [0, 0.1) is 5.92 Å². The van der Waals surface area contributed by atoms with E-state index in [-0.39, 0.29) is 0 Å². The Morgan fingerprint density at radius 2 is 2.19 bits per heavy atom. The van der Waals surface area contributed by atoms with E-state index in [1.807, 2.05) is 0 Å². The van der Waals surface area contributed by atoms with E-state index in [2.05, 4.69) is 17.0 Å². The Bertz CT molecular complexity index is 168. The Morgan fingerprint density at radius 1 is 1.50 bits per heavy atom. The van der Waals surface area contributed by atoms with Crippen LogP contribution in [0.1, 0.15) is 45.4 Å². The van der Waals surface area contributed by atoms with Crippen molar-refractivity contribution in [1.82, 2.24) is 5.32 Å². The molecule has 1 rings (SSSR count). The van der Waals surface area contributed by atoms with Gasteiger partial charge in [0.1, 0.15) is 0 Å². The average Bonchev–Trinajstić information content (AvgIpc) is 2.31. The molecule has 1 unspecified atom stereocenters. The minimum atomic E-state index is -1.25. The maximum atomic E-state index is 9.15. The Hall–Kier alpha value is -0.770. The summed E-state index contributed by atoms with van der Waals surface area (Å²) < 4.78 is 3.67. The highest BCUT2D eigenvalue weighted by molar-refractivity contribution is 5.56. The molecule has 4 nitrogen and oxygen atoms in total. The summed E-state index contributed by atoms with van der Waals surface area (Å²) in [6.45, 7) is 4.81. The molecule has 0 radical (unpaired) electrons. The Kier molecular flexibility index (Phi) is 10.2. The van der Waals surface area contributed by atoms with Crippen LogP contribution in [0.2, 0.25) is 0 Å². The smallest absolute Gasteiger partial charge is 0.450 e. The zero-order chi connectivity index (χ0) is 12.2. The van der Waals surface area contributed by atoms with Gasteiger partial charge >= 0.3 is 6.16 Å². The van der Waals surface area contributed by atoms with Crippen molar-refractivity contribution in [3.8, 4) is 0 Å². The normalized spacial score (nSPS) is 19.5. The number of methoxy groups -OCH3 is 1. The number of unbranched alkanes of at least 4 members (excludes halogenated alkanes) is 2. The molecule has 0 aromatic heterocycles. The fourth-order valence-electron chi connectivity index (χ4n) is 1.85. The molecule has 0 bridgehead atoms. The molecule has 0 aromatic rings. The van der Waals surface area contributed by atoms with Gasteiger partial charge in [-0.3, -0.25) is 0 Å². The second-order valence-electron chi connectivity index (χ2n) is 4.18. The molecule has 0 amide bonds. The molecule has 1 saturated heterocycles. The third-order valence-corrected chi connectivity index (χ3v) is 2.79. The molecule has 0 aromatic carbocycles. The quantitative estimate of drug-likeness (QED) is 0.577. The van der Waals surface area contributed by atoms with Crippen molar-refractivity contribution in [2.45, 2.75) is 45.4 Å². The molecule has 4 heteroatoms. The highest BCUT2D eigenvalue weighted by Gasteiger charge is 2.11. The molecule has 1 fully saturated rings. The first-order valence-corrected chi connectivity index (χ1v) is 6.18. The van der Waals surface area contributed by atoms with Gasteiger partial charge in [-0.25, -0.2) is 4.79 Å². The second kappa shape index (κ2) is 10.7. The Labute approximate surface area is 98.4 Å². The molecule has 2 N–H and O–H groups in total. The van der Waals surface area contributed by atoms with E-state index in [0.29, 0.717) is 0 Å². The van der Waals surface area contributed by atoms with Crippen LogP contribution in [0.5, 0.6) is 0 Å². The maximum absolute atomic E-state index is 9.15. The fourth-order valence-corrected chi connectivity index (χ4v) is 1.85. The van der Waals surface area contributed by atoms with Crippen LogP contribution >= 0.6 is 0 Å². The van der Waals surface area contributed by atoms with Crippen molar-refractivity contribution in [1.29, 1.82) is 0 Å². The first kappa shape index (κ1) is 15.2. The van der Waals surface area contributed by atoms with Gasteiger partial charge in [0.05, 0.1) is 7.11 Å². The van der Waals surface area contributed by atoms with Gasteiger partial charge in [0.2, 0.25) is 0 Å². The summed E-state index contributed by atoms with van der Waals surface area (Å²) in [7, 11) is 1.10. The third kappa shape index (κ3) is 9.77. The van der Waals surface area contributed by atoms with Gasteiger partial charge in [-0.2, -0.15) is 0 Å². The lowest BCUT2D eigenvalue weighted by Crippen LogP contribution is -2.29. The summed E-state index contributed by atoms with van der Waals surface area (Å²) in [6.07, 6.45) is 7.32. The number of hydrogen-bond donors (Lipinski definition) is 2. The monoisotopic (exact) mass is 231 g/mol. The zero-order valence-corrected chi connectivity index (χ0v) is 10.5. The van der Waals surface area contributed by atoms with Gasteiger partial charge in [-0.15, -0.1) is 0 Å². The number of ether oxygens (including phenoxy) is 1. The van der Waals surface area contributed by atoms with Crippen LogP contribution in [0.3, 0.4) is 0 Å². The van der Waals surface area contributed by atoms with Crippen LogP contribution in [-0.4, -0.2) is 31.5 Å². The number of carboxylic acid groups (broad SMARTS) is 1. The van der Waals surface area contributed by atoms with Crippen LogP contribution in [0.4, 0.5) is 4.79 Å². The lowest BCUT2D eigenvalue weighted by Gasteiger charge is -2.22. The van der Waals surface area contributed by atoms with E-state index in [1.54, 1.807) is 0 Å². The first-order valence-electron chi connectivity index (χ1n) is 6.18. The van der Waals surface area contributed by atoms with Gasteiger partial charge in [0.15, 0.2) is 0 Å². The van der Waals surface area contributed by atoms with Gasteiger partial charge in [-0.05, 0) is 38.3 Å². The van der Waals surface area contributed by atoms with E-state index in [9.17, 15) is 0 Å². The number of nitrogens with one attached hydrogen (secondary N) is 1. The van der Waals surface area contributed by atoms with E-state index < -0.39 is 6.16 Å². The fraction of sp³-hybridized carbons (Fsp3) is 0.917. The zero-order valence-electron chi connectivity index (χ0n) is 10.5. The highest BCUT2D eigenvalue weighted by atomic mass is 16.6. The van der Waals surface area contributed by atoms with E-state index in [4.69, 9.17) is 9.90 Å². The van der Waals surface area contributed by atoms with Crippen molar-refractivity contribution < 1.29 is 14.6 Å². The largest absolute Gasteiger partial charge is 0.505 e. The van der Waals surface area contributed by atoms with Crippen LogP contribution in [0.25, 0.3) is 0 Å². The van der Waals surface area contributed by atoms with Crippen molar-refractivity contribution in [2.75, 3.05) is 20.2 Å². The molecule has 1 atom stereocenters. The minimum Gasteiger partial charge on any atom is -0.450 e. The van der Waals surface area contributed by atoms with Crippen LogP contribution in [-0.2, 0) is 4.74 Å². The van der Waals surface area contributed by atoms with Gasteiger partial charge in [-0.1, -0.05) is 26.2 Å². The van der Waals surface area contributed by atoms with Gasteiger partial charge in [0, 0.05) is 0 Å². The average molecular weight is 231 g/mol. The summed E-state index contributed by atoms with van der Waals surface area (Å²) in [4.78, 5) is 9.15. The molecular formula is C12H25NO3. The lowest BCUT2D eigenvalue weighted by atomic mass is 9.94. The Morgan fingerprint density at radius 3 is 2.62 bits per heavy atom. The van der Waals surface area contributed by atoms with E-state index >= 15 is 0 Å². The summed E-state index contributed by atoms with van der Waals surface area (Å²) in [5, 5.41) is 11.0. The molecule has 1 aliphatic heterocycles. The molecule has 1 aliphatic rings. The molecule has 0 spiro atoms. The lowest BCUT2D eigenvalue weighted by molar-refractivity contribution is 0.114. The predicted molar refractivity (Wildman–Crippen MR) is 64.8 cm³/mol. The molecule has 0 saturated carbocycles. The highest BCUT2D eigenvalue weighted by Crippen LogP contribution is 2.17. The van der Waals surface area contributed by atoms with Gasteiger partial charge in [0.25, 0.3) is 0 Å². The topological polar surface area (TPSA) is 58.6 Å². The number of hydrogen-bond acceptors (Lipinski definition) is 3. The minimum absolute atomic E-state index is 0.996. The van der Waals surface area contributed by atoms with Crippen LogP contribution in [0.15, 0.2) is 0 Å². The standard InChI is InChI=1S/C10H21N.C2H4O3/c1-2-3-4-6-10-7-5-8-11-9-10;1-5-2(3)4/h10-11H,2-9H2,1H3;1H3,(H,3,4). The molecule has 16 heavy (non-hydrogen) atoms. The molecular weight excluding hydrogens is 206 g/mol. The Balaban J connectivity index is 0.000000385. The summed E-state index contributed by atoms with van der Waals surface area (Å²) >= 11 is 0. The van der Waals surface area contributed by atoms with Gasteiger partial charge < -0.3 is 15.2 Å². The number of piperidine rings is 1. The van der Waals surface area contributed by atoms with Crippen molar-refractivity contribution in [3.63, 3.8) is 0 Å². The maximum Gasteiger partial charge on any atom is 0.505 e. The second-order valence-corrected chi connectivity index (χ2v) is 4.18. The molecule has 1 heterocycles. The summed E-state index contributed by atoms with van der Waals surface area (Å²) in [5.74, 6) is 0.996. The molecule has 0 aliphatic carbocycles. The summed E-state index contributed by atoms with van der Waals surface area (Å²) in [5.41, 5.74) is 0.